The molecular formula is C54H76N14O23S3Y. The number of rotatable bonds is 34. The summed E-state index contributed by atoms with van der Waals surface area (Å²) in [5.74, 6) is -13.0. The summed E-state index contributed by atoms with van der Waals surface area (Å²) in [6.07, 6.45) is 4.42. The van der Waals surface area contributed by atoms with Crippen molar-refractivity contribution in [2.24, 2.45) is 7.05 Å². The number of carboxylic acids is 4. The van der Waals surface area contributed by atoms with Crippen LogP contribution in [0.5, 0.6) is 5.75 Å². The van der Waals surface area contributed by atoms with Gasteiger partial charge < -0.3 is 66.6 Å². The molecule has 2 aromatic heterocycles. The number of hydrogen-bond donors (Lipinski definition) is 14. The molecule has 3 atom stereocenters. The van der Waals surface area contributed by atoms with Crippen molar-refractivity contribution >= 4 is 101 Å². The third-order valence-electron chi connectivity index (χ3n) is 14.2. The Bertz CT molecular complexity index is 3770. The second-order valence-electron chi connectivity index (χ2n) is 21.8. The number of aryl methyl sites for hydroxylation is 3. The summed E-state index contributed by atoms with van der Waals surface area (Å²) >= 11 is 0. The molecule has 5 amide bonds. The van der Waals surface area contributed by atoms with Crippen molar-refractivity contribution in [2.75, 3.05) is 122 Å². The molecule has 0 aliphatic carbocycles. The van der Waals surface area contributed by atoms with E-state index in [2.05, 4.69) is 41.3 Å². The van der Waals surface area contributed by atoms with E-state index in [1.807, 2.05) is 5.32 Å². The van der Waals surface area contributed by atoms with Crippen LogP contribution in [0.4, 0.5) is 5.95 Å². The van der Waals surface area contributed by atoms with Crippen LogP contribution in [0.2, 0.25) is 0 Å². The molecule has 14 N–H and O–H groups in total. The standard InChI is InChI=1S/C54H76N14O23S3.Y/c1-33-21-36(22-34(2)49(33)94(89,90)63-39(53(81)82)25-59-50(78)38-26-64(3)42-23-35(6-7-37(42)48(38)77)24-60-54-57-10-11-58-54)91-20-4-5-43(69)55-8-9-56-51(79)40(31-92(83,84)85)62-52(80)41(32-93(86,87)88)61-44(70)27-65-12-14-66(28-45(71)72)16-18-68(30-47(75)76)19-17-67(15-13-65)29-46(73)74;/h6-7,10-11,21-23,26,39-41,63H,4-5,8-9,12-20,24-25,27-32H2,1-3H3,(H,55,69)(H,56,79)(H,59,78)(H,61,70)(H,62,80)(H,71,72)(H,73,74)(H,75,76)(H,81,82)(H2,57,58,60)(H,83,84,85)(H,86,87,88);. The molecule has 1 aliphatic heterocycles. The van der Waals surface area contributed by atoms with Crippen molar-refractivity contribution in [1.29, 1.82) is 0 Å². The fraction of sp³-hybridized carbons (Fsp3) is 0.500. The number of aliphatic carboxylic acids is 4. The van der Waals surface area contributed by atoms with Crippen molar-refractivity contribution in [2.45, 2.75) is 56.3 Å². The average molecular weight is 1470 g/mol. The summed E-state index contributed by atoms with van der Waals surface area (Å²) in [4.78, 5) is 140. The number of carbonyl (C=O) groups is 9. The smallest absolute Gasteiger partial charge is 0.323 e. The third-order valence-corrected chi connectivity index (χ3v) is 17.5. The maximum atomic E-state index is 13.7. The van der Waals surface area contributed by atoms with Crippen molar-refractivity contribution in [3.8, 4) is 5.75 Å². The van der Waals surface area contributed by atoms with E-state index in [4.69, 9.17) is 4.74 Å². The van der Waals surface area contributed by atoms with Crippen LogP contribution in [-0.4, -0.2) is 277 Å². The Hall–Kier alpha value is -7.64. The first-order valence-electron chi connectivity index (χ1n) is 28.8. The molecule has 521 valence electrons. The number of hydrogen-bond acceptors (Lipinski definition) is 23. The van der Waals surface area contributed by atoms with Gasteiger partial charge in [0.15, 0.2) is 5.95 Å². The first-order valence-corrected chi connectivity index (χ1v) is 33.5. The largest absolute Gasteiger partial charge is 0.494 e. The van der Waals surface area contributed by atoms with Crippen molar-refractivity contribution in [1.82, 2.24) is 65.4 Å². The Morgan fingerprint density at radius 2 is 1.18 bits per heavy atom. The zero-order chi connectivity index (χ0) is 69.7. The normalized spacial score (nSPS) is 15.1. The summed E-state index contributed by atoms with van der Waals surface area (Å²) in [6.45, 7) is -0.464. The molecule has 37 nitrogen and oxygen atoms in total. The van der Waals surface area contributed by atoms with Crippen LogP contribution in [0.25, 0.3) is 10.9 Å². The van der Waals surface area contributed by atoms with Gasteiger partial charge in [-0.15, -0.1) is 0 Å². The second kappa shape index (κ2) is 37.0. The number of amides is 5. The van der Waals surface area contributed by atoms with E-state index in [1.165, 1.54) is 51.8 Å². The molecule has 3 unspecified atom stereocenters. The van der Waals surface area contributed by atoms with Crippen LogP contribution in [0.1, 0.15) is 39.9 Å². The van der Waals surface area contributed by atoms with E-state index in [9.17, 15) is 103 Å². The number of ether oxygens (including phenoxy) is 1. The molecule has 41 heteroatoms. The van der Waals surface area contributed by atoms with Crippen molar-refractivity contribution in [3.63, 3.8) is 0 Å². The number of fused-ring (bicyclic) bond motifs is 1. The number of nitrogens with one attached hydrogen (secondary N) is 8. The minimum atomic E-state index is -5.12. The Kier molecular flexibility index (Phi) is 31.1. The summed E-state index contributed by atoms with van der Waals surface area (Å²) < 4.78 is 104. The predicted octanol–water partition coefficient (Wildman–Crippen LogP) is -4.74. The molecular weight excluding hydrogens is 1400 g/mol. The monoisotopic (exact) mass is 1470 g/mol. The number of sulfonamides is 1. The van der Waals surface area contributed by atoms with E-state index in [-0.39, 0.29) is 144 Å². The van der Waals surface area contributed by atoms with Gasteiger partial charge >= 0.3 is 23.9 Å². The molecule has 0 spiro atoms. The Morgan fingerprint density at radius 1 is 0.663 bits per heavy atom. The second-order valence-corrected chi connectivity index (χ2v) is 26.4. The molecule has 0 saturated carbocycles. The third kappa shape index (κ3) is 27.6. The van der Waals surface area contributed by atoms with E-state index in [0.717, 1.165) is 5.56 Å². The molecule has 3 heterocycles. The number of anilines is 1. The zero-order valence-electron chi connectivity index (χ0n) is 51.8. The first-order chi connectivity index (χ1) is 44.1. The summed E-state index contributed by atoms with van der Waals surface area (Å²) in [6, 6.07) is 1.41. The Labute approximate surface area is 569 Å². The fourth-order valence-corrected chi connectivity index (χ4v) is 12.7. The predicted molar refractivity (Wildman–Crippen MR) is 331 cm³/mol. The molecule has 95 heavy (non-hydrogen) atoms. The minimum Gasteiger partial charge on any atom is -0.494 e. The Balaban J connectivity index is 0.0000192. The molecule has 5 rings (SSSR count). The van der Waals surface area contributed by atoms with Crippen LogP contribution in [0.3, 0.4) is 0 Å². The summed E-state index contributed by atoms with van der Waals surface area (Å²) in [5, 5.41) is 52.8. The van der Waals surface area contributed by atoms with Gasteiger partial charge in [0, 0.05) is 149 Å². The molecule has 2 aromatic carbocycles. The zero-order valence-corrected chi connectivity index (χ0v) is 57.1. The molecule has 1 fully saturated rings. The SMILES string of the molecule is Cc1cc(OCCCC(=O)NCCNC(=O)C(CS(=O)(=O)O)NC(=O)C(CS(=O)(=O)O)NC(=O)CN2CCN(CC(=O)O)CCN(CC(=O)O)CCN(CC(=O)O)CC2)cc(C)c1S(=O)(=O)NC(CNC(=O)c1cn(C)c2cc(CNc3ncc[nH]3)ccc2c1=O)C(=O)O.[Y]. The van der Waals surface area contributed by atoms with Gasteiger partial charge in [0.05, 0.1) is 43.2 Å². The van der Waals surface area contributed by atoms with Gasteiger partial charge in [0.25, 0.3) is 26.1 Å². The van der Waals surface area contributed by atoms with E-state index in [1.54, 1.807) is 42.2 Å². The maximum Gasteiger partial charge on any atom is 0.323 e. The number of pyridine rings is 1. The van der Waals surface area contributed by atoms with E-state index < -0.39 is 158 Å². The number of H-pyrrole nitrogens is 1. The number of carbonyl (C=O) groups excluding carboxylic acids is 5. The number of nitrogens with zero attached hydrogens (tertiary/aromatic N) is 6. The number of aromatic amines is 1. The molecule has 0 bridgehead atoms. The Morgan fingerprint density at radius 3 is 1.67 bits per heavy atom. The first kappa shape index (κ1) is 79.8. The fourth-order valence-electron chi connectivity index (χ4n) is 9.79. The van der Waals surface area contributed by atoms with Crippen LogP contribution >= 0.6 is 0 Å². The minimum absolute atomic E-state index is 0. The van der Waals surface area contributed by atoms with E-state index in [0.29, 0.717) is 18.0 Å². The van der Waals surface area contributed by atoms with Crippen LogP contribution in [-0.2, 0) is 115 Å². The quantitative estimate of drug-likeness (QED) is 0.0154. The van der Waals surface area contributed by atoms with Gasteiger partial charge in [-0.25, -0.2) is 13.4 Å². The summed E-state index contributed by atoms with van der Waals surface area (Å²) in [7, 11) is -13.2. The van der Waals surface area contributed by atoms with Gasteiger partial charge in [0.2, 0.25) is 39.1 Å². The number of benzene rings is 2. The van der Waals surface area contributed by atoms with Gasteiger partial charge in [-0.05, 0) is 61.2 Å². The van der Waals surface area contributed by atoms with Crippen molar-refractivity contribution in [3.05, 3.63) is 81.4 Å². The molecule has 1 radical (unpaired) electrons. The summed E-state index contributed by atoms with van der Waals surface area (Å²) in [5.41, 5.74) is 0.600. The number of carboxylic acid groups (broad SMARTS) is 4. The molecule has 1 aliphatic rings. The van der Waals surface area contributed by atoms with Gasteiger partial charge in [-0.2, -0.15) is 21.6 Å². The number of imidazole rings is 1. The molecule has 4 aromatic rings. The van der Waals surface area contributed by atoms with Crippen molar-refractivity contribution < 1.29 is 135 Å². The van der Waals surface area contributed by atoms with Crippen LogP contribution < -0.4 is 46.8 Å². The maximum absolute atomic E-state index is 13.7. The van der Waals surface area contributed by atoms with Gasteiger partial charge in [-0.3, -0.25) is 76.7 Å². The van der Waals surface area contributed by atoms with E-state index >= 15 is 0 Å². The average Bonchev–Trinajstić information content (AvgIpc) is 0.951. The topological polar surface area (TPSA) is 535 Å². The number of aromatic nitrogens is 3. The molecule has 1 saturated heterocycles. The van der Waals surface area contributed by atoms with Gasteiger partial charge in [-0.1, -0.05) is 6.07 Å². The van der Waals surface area contributed by atoms with Gasteiger partial charge in [0.1, 0.15) is 40.9 Å². The van der Waals surface area contributed by atoms with Crippen LogP contribution in [0, 0.1) is 13.8 Å². The van der Waals surface area contributed by atoms with Crippen LogP contribution in [0.15, 0.2) is 58.6 Å².